The Bertz CT molecular complexity index is 435. The molecular weight excluding hydrogens is 206 g/mol. The van der Waals surface area contributed by atoms with Gasteiger partial charge in [0.2, 0.25) is 0 Å². The maximum atomic E-state index is 11.4. The zero-order valence-electron chi connectivity index (χ0n) is 7.86. The van der Waals surface area contributed by atoms with Crippen LogP contribution >= 0.6 is 0 Å². The maximum Gasteiger partial charge on any atom is 0.258 e. The van der Waals surface area contributed by atoms with Gasteiger partial charge in [-0.2, -0.15) is 0 Å². The van der Waals surface area contributed by atoms with Gasteiger partial charge in [-0.3, -0.25) is 4.79 Å². The number of carbonyl (C=O) groups is 1. The van der Waals surface area contributed by atoms with E-state index in [-0.39, 0.29) is 17.4 Å². The van der Waals surface area contributed by atoms with Crippen LogP contribution in [-0.4, -0.2) is 30.7 Å². The Morgan fingerprint density at radius 3 is 2.71 bits per heavy atom. The highest BCUT2D eigenvalue weighted by atomic mass is 32.2. The first-order valence-electron chi connectivity index (χ1n) is 3.92. The molecule has 0 aliphatic carbocycles. The van der Waals surface area contributed by atoms with Gasteiger partial charge >= 0.3 is 0 Å². The van der Waals surface area contributed by atoms with Crippen LogP contribution in [-0.2, 0) is 14.8 Å². The van der Waals surface area contributed by atoms with Crippen LogP contribution in [0.25, 0.3) is 0 Å². The number of hydrogen-bond acceptors (Lipinski definition) is 4. The van der Waals surface area contributed by atoms with Crippen molar-refractivity contribution in [2.24, 2.45) is 0 Å². The summed E-state index contributed by atoms with van der Waals surface area (Å²) >= 11 is 0. The molecule has 7 heteroatoms. The van der Waals surface area contributed by atoms with Gasteiger partial charge < -0.3 is 4.98 Å². The van der Waals surface area contributed by atoms with E-state index in [1.54, 1.807) is 6.92 Å². The molecule has 0 unspecified atom stereocenters. The summed E-state index contributed by atoms with van der Waals surface area (Å²) in [5, 5.41) is -0.0312. The van der Waals surface area contributed by atoms with E-state index in [2.05, 4.69) is 14.7 Å². The smallest absolute Gasteiger partial charge is 0.258 e. The molecule has 0 saturated carbocycles. The van der Waals surface area contributed by atoms with E-state index in [4.69, 9.17) is 0 Å². The van der Waals surface area contributed by atoms with E-state index in [0.717, 1.165) is 0 Å². The number of nitrogens with zero attached hydrogens (tertiary/aromatic N) is 1. The number of sulfonamides is 1. The first-order valence-corrected chi connectivity index (χ1v) is 5.41. The van der Waals surface area contributed by atoms with Crippen molar-refractivity contribution in [2.75, 3.05) is 6.54 Å². The van der Waals surface area contributed by atoms with Gasteiger partial charge in [-0.05, 0) is 13.8 Å². The van der Waals surface area contributed by atoms with Gasteiger partial charge in [-0.15, -0.1) is 0 Å². The summed E-state index contributed by atoms with van der Waals surface area (Å²) < 4.78 is 25.0. The predicted octanol–water partition coefficient (Wildman–Crippen LogP) is -0.415. The second-order valence-electron chi connectivity index (χ2n) is 2.86. The second kappa shape index (κ2) is 3.89. The average molecular weight is 217 g/mol. The average Bonchev–Trinajstić information content (AvgIpc) is 2.49. The molecule has 0 saturated heterocycles. The van der Waals surface area contributed by atoms with E-state index in [0.29, 0.717) is 5.82 Å². The van der Waals surface area contributed by atoms with E-state index in [9.17, 15) is 13.2 Å². The summed E-state index contributed by atoms with van der Waals surface area (Å²) in [6, 6.07) is 0. The number of nitrogens with one attached hydrogen (secondary N) is 2. The van der Waals surface area contributed by atoms with Crippen LogP contribution in [0.1, 0.15) is 12.7 Å². The topological polar surface area (TPSA) is 91.9 Å². The van der Waals surface area contributed by atoms with Crippen molar-refractivity contribution >= 4 is 15.8 Å². The van der Waals surface area contributed by atoms with Crippen molar-refractivity contribution in [3.63, 3.8) is 0 Å². The predicted molar refractivity (Wildman–Crippen MR) is 49.2 cm³/mol. The summed E-state index contributed by atoms with van der Waals surface area (Å²) in [7, 11) is -3.62. The van der Waals surface area contributed by atoms with Crippen molar-refractivity contribution in [1.82, 2.24) is 14.7 Å². The minimum absolute atomic E-state index is 0.0312. The van der Waals surface area contributed by atoms with Crippen LogP contribution in [0.3, 0.4) is 0 Å². The molecule has 1 aromatic heterocycles. The normalized spacial score (nSPS) is 11.6. The SMILES string of the molecule is CC(=O)CNS(=O)(=O)c1cnc(C)[nH]1. The van der Waals surface area contributed by atoms with E-state index in [1.807, 2.05) is 0 Å². The van der Waals surface area contributed by atoms with Crippen LogP contribution in [0, 0.1) is 6.92 Å². The Balaban J connectivity index is 2.81. The summed E-state index contributed by atoms with van der Waals surface area (Å²) in [6.45, 7) is 2.74. The van der Waals surface area contributed by atoms with Crippen LogP contribution in [0.4, 0.5) is 0 Å². The molecule has 0 aromatic carbocycles. The highest BCUT2D eigenvalue weighted by Crippen LogP contribution is 2.03. The van der Waals surface area contributed by atoms with E-state index >= 15 is 0 Å². The lowest BCUT2D eigenvalue weighted by Crippen LogP contribution is -2.28. The zero-order valence-corrected chi connectivity index (χ0v) is 8.68. The third-order valence-electron chi connectivity index (χ3n) is 1.48. The van der Waals surface area contributed by atoms with Crippen LogP contribution in [0.15, 0.2) is 11.2 Å². The molecule has 78 valence electrons. The fourth-order valence-electron chi connectivity index (χ4n) is 0.809. The first-order chi connectivity index (χ1) is 6.42. The number of imidazole rings is 1. The van der Waals surface area contributed by atoms with Gasteiger partial charge in [0.1, 0.15) is 11.6 Å². The Labute approximate surface area is 81.8 Å². The quantitative estimate of drug-likeness (QED) is 0.716. The number of rotatable bonds is 4. The van der Waals surface area contributed by atoms with Crippen LogP contribution in [0.5, 0.6) is 0 Å². The summed E-state index contributed by atoms with van der Waals surface area (Å²) in [6.07, 6.45) is 1.21. The third kappa shape index (κ3) is 2.64. The van der Waals surface area contributed by atoms with Gasteiger partial charge in [0, 0.05) is 0 Å². The molecule has 6 nitrogen and oxygen atoms in total. The Morgan fingerprint density at radius 1 is 1.64 bits per heavy atom. The molecule has 0 fully saturated rings. The number of hydrogen-bond donors (Lipinski definition) is 2. The number of carbonyl (C=O) groups excluding carboxylic acids is 1. The van der Waals surface area contributed by atoms with Crippen molar-refractivity contribution in [3.8, 4) is 0 Å². The summed E-state index contributed by atoms with van der Waals surface area (Å²) in [5.74, 6) is 0.262. The fraction of sp³-hybridized carbons (Fsp3) is 0.429. The molecule has 2 N–H and O–H groups in total. The fourth-order valence-corrected chi connectivity index (χ4v) is 1.83. The molecule has 0 atom stereocenters. The molecule has 0 aliphatic heterocycles. The summed E-state index contributed by atoms with van der Waals surface area (Å²) in [4.78, 5) is 16.9. The molecule has 0 amide bonds. The van der Waals surface area contributed by atoms with Crippen LogP contribution in [0.2, 0.25) is 0 Å². The number of Topliss-reactive ketones (excluding diaryl/α,β-unsaturated/α-hetero) is 1. The number of ketones is 1. The third-order valence-corrected chi connectivity index (χ3v) is 2.79. The molecule has 0 spiro atoms. The number of H-pyrrole nitrogens is 1. The first kappa shape index (κ1) is 10.9. The number of aromatic amines is 1. The standard InChI is InChI=1S/C7H11N3O3S/c1-5(11)3-9-14(12,13)7-4-8-6(2)10-7/h4,9H,3H2,1-2H3,(H,8,10). The number of aromatic nitrogens is 2. The largest absolute Gasteiger partial charge is 0.332 e. The Kier molecular flexibility index (Phi) is 3.02. The van der Waals surface area contributed by atoms with Crippen molar-refractivity contribution in [2.45, 2.75) is 18.9 Å². The molecule has 0 aliphatic rings. The van der Waals surface area contributed by atoms with Crippen molar-refractivity contribution < 1.29 is 13.2 Å². The monoisotopic (exact) mass is 217 g/mol. The Morgan fingerprint density at radius 2 is 2.29 bits per heavy atom. The van der Waals surface area contributed by atoms with Gasteiger partial charge in [-0.1, -0.05) is 0 Å². The van der Waals surface area contributed by atoms with Gasteiger partial charge in [0.25, 0.3) is 10.0 Å². The molecule has 1 rings (SSSR count). The van der Waals surface area contributed by atoms with E-state index < -0.39 is 10.0 Å². The summed E-state index contributed by atoms with van der Waals surface area (Å²) in [5.41, 5.74) is 0. The maximum absolute atomic E-state index is 11.4. The van der Waals surface area contributed by atoms with Crippen molar-refractivity contribution in [1.29, 1.82) is 0 Å². The van der Waals surface area contributed by atoms with Gasteiger partial charge in [-0.25, -0.2) is 18.1 Å². The molecule has 1 heterocycles. The second-order valence-corrected chi connectivity index (χ2v) is 4.59. The molecule has 1 aromatic rings. The number of aryl methyl sites for hydroxylation is 1. The highest BCUT2D eigenvalue weighted by molar-refractivity contribution is 7.89. The minimum Gasteiger partial charge on any atom is -0.332 e. The zero-order chi connectivity index (χ0) is 10.8. The van der Waals surface area contributed by atoms with E-state index in [1.165, 1.54) is 13.1 Å². The molecular formula is C7H11N3O3S. The minimum atomic E-state index is -3.62. The molecule has 0 radical (unpaired) electrons. The molecule has 0 bridgehead atoms. The lowest BCUT2D eigenvalue weighted by Gasteiger charge is -2.00. The van der Waals surface area contributed by atoms with Gasteiger partial charge in [0.05, 0.1) is 12.7 Å². The lowest BCUT2D eigenvalue weighted by atomic mass is 10.5. The van der Waals surface area contributed by atoms with Crippen molar-refractivity contribution in [3.05, 3.63) is 12.0 Å². The van der Waals surface area contributed by atoms with Gasteiger partial charge in [0.15, 0.2) is 5.03 Å². The highest BCUT2D eigenvalue weighted by Gasteiger charge is 2.16. The Hall–Kier alpha value is -1.21. The lowest BCUT2D eigenvalue weighted by molar-refractivity contribution is -0.115. The molecule has 14 heavy (non-hydrogen) atoms. The van der Waals surface area contributed by atoms with Crippen LogP contribution < -0.4 is 4.72 Å².